The Morgan fingerprint density at radius 2 is 1.59 bits per heavy atom. The fourth-order valence-corrected chi connectivity index (χ4v) is 2.91. The highest BCUT2D eigenvalue weighted by Gasteiger charge is 2.22. The van der Waals surface area contributed by atoms with Crippen LogP contribution in [0.2, 0.25) is 15.1 Å². The molecule has 0 spiro atoms. The van der Waals surface area contributed by atoms with E-state index in [0.717, 1.165) is 18.2 Å². The quantitative estimate of drug-likeness (QED) is 0.446. The van der Waals surface area contributed by atoms with Crippen molar-refractivity contribution < 1.29 is 17.5 Å². The lowest BCUT2D eigenvalue weighted by atomic mass is 10.3. The largest absolute Gasteiger partial charge is 0.379 e. The average Bonchev–Trinajstić information content (AvgIpc) is 2.42. The van der Waals surface area contributed by atoms with Gasteiger partial charge in [-0.1, -0.05) is 34.8 Å². The van der Waals surface area contributed by atoms with Crippen molar-refractivity contribution in [2.75, 3.05) is 0 Å². The van der Waals surface area contributed by atoms with Crippen LogP contribution in [0.25, 0.3) is 0 Å². The third kappa shape index (κ3) is 3.61. The van der Waals surface area contributed by atoms with E-state index < -0.39 is 25.6 Å². The minimum Gasteiger partial charge on any atom is -0.379 e. The Morgan fingerprint density at radius 3 is 2.18 bits per heavy atom. The van der Waals surface area contributed by atoms with Gasteiger partial charge in [-0.05, 0) is 24.3 Å². The maximum atomic E-state index is 12.1. The zero-order chi connectivity index (χ0) is 16.5. The normalized spacial score (nSPS) is 11.2. The first-order valence-corrected chi connectivity index (χ1v) is 8.08. The molecule has 0 N–H and O–H groups in total. The molecule has 6 nitrogen and oxygen atoms in total. The van der Waals surface area contributed by atoms with Gasteiger partial charge in [0.2, 0.25) is 0 Å². The summed E-state index contributed by atoms with van der Waals surface area (Å²) in [6.07, 6.45) is 0. The van der Waals surface area contributed by atoms with Gasteiger partial charge in [-0.2, -0.15) is 8.42 Å². The summed E-state index contributed by atoms with van der Waals surface area (Å²) in [6, 6.07) is 6.89. The molecule has 0 aliphatic heterocycles. The van der Waals surface area contributed by atoms with Gasteiger partial charge in [0.1, 0.15) is 15.7 Å². The van der Waals surface area contributed by atoms with Crippen LogP contribution in [0.3, 0.4) is 0 Å². The van der Waals surface area contributed by atoms with Crippen molar-refractivity contribution in [3.8, 4) is 5.75 Å². The van der Waals surface area contributed by atoms with Gasteiger partial charge >= 0.3 is 10.1 Å². The Kier molecular flexibility index (Phi) is 4.81. The summed E-state index contributed by atoms with van der Waals surface area (Å²) in [6.45, 7) is 0. The van der Waals surface area contributed by atoms with Gasteiger partial charge in [0.15, 0.2) is 0 Å². The smallest absolute Gasteiger partial charge is 0.339 e. The van der Waals surface area contributed by atoms with Crippen molar-refractivity contribution in [2.45, 2.75) is 4.90 Å². The van der Waals surface area contributed by atoms with E-state index in [1.807, 2.05) is 0 Å². The number of nitro benzene ring substituents is 1. The van der Waals surface area contributed by atoms with E-state index in [0.29, 0.717) is 0 Å². The van der Waals surface area contributed by atoms with E-state index in [1.54, 1.807) is 0 Å². The van der Waals surface area contributed by atoms with Crippen LogP contribution in [0.5, 0.6) is 5.75 Å². The Bertz CT molecular complexity index is 854. The molecule has 0 atom stereocenters. The lowest BCUT2D eigenvalue weighted by Crippen LogP contribution is -2.10. The second-order valence-corrected chi connectivity index (χ2v) is 6.75. The molecule has 0 aliphatic rings. The van der Waals surface area contributed by atoms with Gasteiger partial charge in [-0.15, -0.1) is 0 Å². The minimum absolute atomic E-state index is 0.0768. The van der Waals surface area contributed by atoms with E-state index in [9.17, 15) is 18.5 Å². The van der Waals surface area contributed by atoms with Gasteiger partial charge in [0, 0.05) is 12.1 Å². The fraction of sp³-hybridized carbons (Fsp3) is 0. The van der Waals surface area contributed by atoms with Crippen LogP contribution in [0.15, 0.2) is 41.3 Å². The Balaban J connectivity index is 2.40. The first-order valence-electron chi connectivity index (χ1n) is 5.54. The molecule has 0 saturated heterocycles. The molecule has 0 unspecified atom stereocenters. The second-order valence-electron chi connectivity index (χ2n) is 3.98. The summed E-state index contributed by atoms with van der Waals surface area (Å²) in [5, 5.41) is 11.0. The third-order valence-electron chi connectivity index (χ3n) is 2.50. The van der Waals surface area contributed by atoms with Crippen molar-refractivity contribution >= 4 is 50.6 Å². The molecule has 0 radical (unpaired) electrons. The number of benzene rings is 2. The molecule has 2 aromatic rings. The van der Waals surface area contributed by atoms with E-state index in [4.69, 9.17) is 39.0 Å². The molecule has 10 heteroatoms. The number of rotatable bonds is 4. The first kappa shape index (κ1) is 16.8. The van der Waals surface area contributed by atoms with E-state index in [-0.39, 0.29) is 20.8 Å². The van der Waals surface area contributed by atoms with Crippen molar-refractivity contribution in [3.05, 3.63) is 61.6 Å². The molecule has 2 rings (SSSR count). The molecule has 2 aromatic carbocycles. The monoisotopic (exact) mass is 381 g/mol. The maximum absolute atomic E-state index is 12.1. The number of nitro groups is 1. The van der Waals surface area contributed by atoms with Crippen molar-refractivity contribution in [1.29, 1.82) is 0 Å². The molecular weight excluding hydrogens is 377 g/mol. The highest BCUT2D eigenvalue weighted by molar-refractivity contribution is 7.87. The number of nitrogens with zero attached hydrogens (tertiary/aromatic N) is 1. The molecule has 0 bridgehead atoms. The van der Waals surface area contributed by atoms with Crippen LogP contribution in [-0.4, -0.2) is 13.3 Å². The average molecular weight is 383 g/mol. The van der Waals surface area contributed by atoms with Crippen LogP contribution in [0, 0.1) is 10.1 Å². The minimum atomic E-state index is -4.28. The molecule has 0 heterocycles. The van der Waals surface area contributed by atoms with Gasteiger partial charge < -0.3 is 4.18 Å². The topological polar surface area (TPSA) is 86.5 Å². The molecule has 22 heavy (non-hydrogen) atoms. The van der Waals surface area contributed by atoms with E-state index >= 15 is 0 Å². The summed E-state index contributed by atoms with van der Waals surface area (Å²) in [5.74, 6) is -0.0768. The molecule has 0 fully saturated rings. The van der Waals surface area contributed by atoms with Gasteiger partial charge in [-0.3, -0.25) is 10.1 Å². The first-order chi connectivity index (χ1) is 10.2. The lowest BCUT2D eigenvalue weighted by Gasteiger charge is -2.08. The Labute approximate surface area is 140 Å². The third-order valence-corrected chi connectivity index (χ3v) is 4.80. The maximum Gasteiger partial charge on any atom is 0.339 e. The molecule has 0 amide bonds. The van der Waals surface area contributed by atoms with Gasteiger partial charge in [0.25, 0.3) is 5.69 Å². The summed E-state index contributed by atoms with van der Waals surface area (Å²) >= 11 is 17.1. The number of hydrogen-bond donors (Lipinski definition) is 0. The SMILES string of the molecule is O=[N+]([O-])c1cc(S(=O)(=O)Oc2ccc(Cl)c(Cl)c2)ccc1Cl. The molecule has 0 aliphatic carbocycles. The molecular formula is C12H6Cl3NO5S. The summed E-state index contributed by atoms with van der Waals surface area (Å²) in [7, 11) is -4.28. The molecule has 0 saturated carbocycles. The van der Waals surface area contributed by atoms with Crippen molar-refractivity contribution in [1.82, 2.24) is 0 Å². The van der Waals surface area contributed by atoms with Crippen molar-refractivity contribution in [2.24, 2.45) is 0 Å². The fourth-order valence-electron chi connectivity index (χ4n) is 1.49. The zero-order valence-corrected chi connectivity index (χ0v) is 13.6. The summed E-state index contributed by atoms with van der Waals surface area (Å²) in [4.78, 5) is 9.60. The predicted molar refractivity (Wildman–Crippen MR) is 82.4 cm³/mol. The second kappa shape index (κ2) is 6.29. The highest BCUT2D eigenvalue weighted by atomic mass is 35.5. The van der Waals surface area contributed by atoms with E-state index in [2.05, 4.69) is 0 Å². The predicted octanol–water partition coefficient (Wildman–Crippen LogP) is 4.32. The van der Waals surface area contributed by atoms with Crippen LogP contribution < -0.4 is 4.18 Å². The summed E-state index contributed by atoms with van der Waals surface area (Å²) in [5.41, 5.74) is -0.541. The zero-order valence-electron chi connectivity index (χ0n) is 10.5. The van der Waals surface area contributed by atoms with Crippen LogP contribution in [0.4, 0.5) is 5.69 Å². The van der Waals surface area contributed by atoms with Gasteiger partial charge in [-0.25, -0.2) is 0 Å². The number of halogens is 3. The molecule has 0 aromatic heterocycles. The van der Waals surface area contributed by atoms with Crippen LogP contribution in [0.1, 0.15) is 0 Å². The van der Waals surface area contributed by atoms with Gasteiger partial charge in [0.05, 0.1) is 15.0 Å². The van der Waals surface area contributed by atoms with Crippen LogP contribution in [-0.2, 0) is 10.1 Å². The molecule has 116 valence electrons. The Morgan fingerprint density at radius 1 is 0.955 bits per heavy atom. The summed E-state index contributed by atoms with van der Waals surface area (Å²) < 4.78 is 29.1. The standard InChI is InChI=1S/C12H6Cl3NO5S/c13-9-3-1-7(5-11(9)15)21-22(19,20)8-2-4-10(14)12(6-8)16(17)18/h1-6H. The highest BCUT2D eigenvalue weighted by Crippen LogP contribution is 2.30. The van der Waals surface area contributed by atoms with E-state index in [1.165, 1.54) is 18.2 Å². The Hall–Kier alpha value is -1.54. The van der Waals surface area contributed by atoms with Crippen molar-refractivity contribution in [3.63, 3.8) is 0 Å². The lowest BCUT2D eigenvalue weighted by molar-refractivity contribution is -0.384. The number of hydrogen-bond acceptors (Lipinski definition) is 5. The van der Waals surface area contributed by atoms with Crippen LogP contribution >= 0.6 is 34.8 Å².